The minimum absolute atomic E-state index is 0.0324. The van der Waals surface area contributed by atoms with Crippen LogP contribution >= 0.6 is 0 Å². The minimum Gasteiger partial charge on any atom is -0.497 e. The SMILES string of the molecule is COc1ccc([Si](C)(C)[C@H]2[C@H](CCO)O[C@@]3(C(=O)N(c4ccccc4)c4ccc(N5C(=O)c6ccccc6Oc6ccccc65)cc43)[C@@H]2C)cc1. The lowest BCUT2D eigenvalue weighted by Crippen LogP contribution is -2.51. The number of carbonyl (C=O) groups is 2. The number of methoxy groups -OCH3 is 1. The van der Waals surface area contributed by atoms with Crippen molar-refractivity contribution in [1.29, 1.82) is 0 Å². The standard InChI is InChI=1S/C42H40N2O6Si/c1-27-39(51(3,4)31-21-19-30(48-2)20-22-31)38(24-25-45)50-42(27)33-26-29(18-23-34(33)44(41(42)47)28-12-6-5-7-13-28)43-35-15-9-11-17-37(35)49-36-16-10-8-14-32(36)40(43)46/h5-23,26-27,38-39,45H,24-25H2,1-4H3/t27-,38+,39-,42+/m1/s1. The second-order valence-corrected chi connectivity index (χ2v) is 18.7. The monoisotopic (exact) mass is 696 g/mol. The van der Waals surface area contributed by atoms with Crippen LogP contribution in [-0.4, -0.2) is 44.8 Å². The van der Waals surface area contributed by atoms with Gasteiger partial charge in [-0.3, -0.25) is 19.4 Å². The smallest absolute Gasteiger partial charge is 0.268 e. The number of nitrogens with zero attached hydrogens (tertiary/aromatic N) is 2. The number of hydrogen-bond donors (Lipinski definition) is 1. The lowest BCUT2D eigenvalue weighted by Gasteiger charge is -2.37. The summed E-state index contributed by atoms with van der Waals surface area (Å²) in [7, 11) is -0.728. The van der Waals surface area contributed by atoms with Crippen molar-refractivity contribution in [1.82, 2.24) is 0 Å². The van der Waals surface area contributed by atoms with Crippen molar-refractivity contribution in [3.8, 4) is 17.2 Å². The molecule has 0 bridgehead atoms. The zero-order chi connectivity index (χ0) is 35.5. The molecule has 0 radical (unpaired) electrons. The van der Waals surface area contributed by atoms with E-state index in [0.29, 0.717) is 46.1 Å². The van der Waals surface area contributed by atoms with E-state index in [2.05, 4.69) is 32.2 Å². The van der Waals surface area contributed by atoms with Crippen LogP contribution in [0.5, 0.6) is 17.2 Å². The molecule has 9 heteroatoms. The summed E-state index contributed by atoms with van der Waals surface area (Å²) in [5.41, 5.74) is 2.37. The molecule has 8 rings (SSSR count). The topological polar surface area (TPSA) is 88.5 Å². The summed E-state index contributed by atoms with van der Waals surface area (Å²) in [6.45, 7) is 6.69. The Morgan fingerprint density at radius 1 is 0.784 bits per heavy atom. The predicted molar refractivity (Wildman–Crippen MR) is 201 cm³/mol. The van der Waals surface area contributed by atoms with Crippen LogP contribution < -0.4 is 24.5 Å². The highest BCUT2D eigenvalue weighted by atomic mass is 28.3. The van der Waals surface area contributed by atoms with Crippen molar-refractivity contribution < 1.29 is 28.9 Å². The maximum Gasteiger partial charge on any atom is 0.268 e. The molecule has 3 aliphatic rings. The number of rotatable bonds is 7. The molecule has 3 aliphatic heterocycles. The van der Waals surface area contributed by atoms with E-state index in [4.69, 9.17) is 14.2 Å². The maximum atomic E-state index is 15.2. The molecule has 51 heavy (non-hydrogen) atoms. The molecule has 1 spiro atoms. The van der Waals surface area contributed by atoms with Crippen LogP contribution in [0.1, 0.15) is 29.3 Å². The fourth-order valence-electron chi connectivity index (χ4n) is 8.66. The van der Waals surface area contributed by atoms with E-state index in [1.807, 2.05) is 97.1 Å². The van der Waals surface area contributed by atoms with E-state index >= 15 is 4.79 Å². The molecular weight excluding hydrogens is 657 g/mol. The third kappa shape index (κ3) is 5.02. The van der Waals surface area contributed by atoms with Crippen molar-refractivity contribution in [2.45, 2.75) is 43.7 Å². The summed E-state index contributed by atoms with van der Waals surface area (Å²) in [5, 5.41) is 11.6. The average Bonchev–Trinajstić information content (AvgIpc) is 3.53. The second-order valence-electron chi connectivity index (χ2n) is 14.1. The fraction of sp³-hybridized carbons (Fsp3) is 0.238. The number of carbonyl (C=O) groups excluding carboxylic acids is 2. The molecule has 8 nitrogen and oxygen atoms in total. The van der Waals surface area contributed by atoms with Crippen LogP contribution in [0.4, 0.5) is 22.7 Å². The molecule has 1 saturated heterocycles. The van der Waals surface area contributed by atoms with Gasteiger partial charge in [0.15, 0.2) is 11.4 Å². The molecule has 0 aromatic heterocycles. The highest BCUT2D eigenvalue weighted by molar-refractivity contribution is 6.91. The Balaban J connectivity index is 1.32. The number of amides is 2. The number of anilines is 4. The van der Waals surface area contributed by atoms with Crippen LogP contribution in [0.25, 0.3) is 0 Å². The van der Waals surface area contributed by atoms with Gasteiger partial charge >= 0.3 is 0 Å². The molecule has 1 fully saturated rings. The van der Waals surface area contributed by atoms with Gasteiger partial charge in [-0.15, -0.1) is 0 Å². The van der Waals surface area contributed by atoms with Gasteiger partial charge in [0, 0.05) is 29.5 Å². The number of benzene rings is 5. The lowest BCUT2D eigenvalue weighted by atomic mass is 9.82. The Labute approximate surface area is 298 Å². The Hall–Kier alpha value is -5.22. The molecule has 0 saturated carbocycles. The minimum atomic E-state index is -2.39. The van der Waals surface area contributed by atoms with Gasteiger partial charge in [-0.25, -0.2) is 0 Å². The van der Waals surface area contributed by atoms with Crippen LogP contribution in [0, 0.1) is 5.92 Å². The first-order valence-corrected chi connectivity index (χ1v) is 20.5. The number of para-hydroxylation sites is 4. The number of hydrogen-bond acceptors (Lipinski definition) is 6. The Bertz CT molecular complexity index is 2140. The maximum absolute atomic E-state index is 15.2. The molecule has 258 valence electrons. The van der Waals surface area contributed by atoms with Crippen molar-refractivity contribution in [3.05, 3.63) is 132 Å². The van der Waals surface area contributed by atoms with E-state index in [9.17, 15) is 9.90 Å². The van der Waals surface area contributed by atoms with Crippen LogP contribution in [0.3, 0.4) is 0 Å². The predicted octanol–water partition coefficient (Wildman–Crippen LogP) is 8.06. The summed E-state index contributed by atoms with van der Waals surface area (Å²) in [6, 6.07) is 38.3. The van der Waals surface area contributed by atoms with E-state index in [0.717, 1.165) is 11.4 Å². The third-order valence-corrected chi connectivity index (χ3v) is 15.4. The molecule has 1 N–H and O–H groups in total. The van der Waals surface area contributed by atoms with Crippen molar-refractivity contribution in [2.75, 3.05) is 23.5 Å². The van der Waals surface area contributed by atoms with Gasteiger partial charge in [0.1, 0.15) is 11.5 Å². The molecule has 3 heterocycles. The lowest BCUT2D eigenvalue weighted by molar-refractivity contribution is -0.145. The summed E-state index contributed by atoms with van der Waals surface area (Å²) >= 11 is 0. The van der Waals surface area contributed by atoms with Gasteiger partial charge in [-0.1, -0.05) is 79.8 Å². The first-order valence-electron chi connectivity index (χ1n) is 17.4. The van der Waals surface area contributed by atoms with Crippen LogP contribution in [-0.2, 0) is 15.1 Å². The van der Waals surface area contributed by atoms with Gasteiger partial charge in [0.25, 0.3) is 11.8 Å². The zero-order valence-electron chi connectivity index (χ0n) is 29.1. The molecule has 4 atom stereocenters. The van der Waals surface area contributed by atoms with E-state index in [1.54, 1.807) is 29.0 Å². The van der Waals surface area contributed by atoms with Crippen LogP contribution in [0.2, 0.25) is 18.6 Å². The Kier molecular flexibility index (Phi) is 8.09. The summed E-state index contributed by atoms with van der Waals surface area (Å²) in [6.07, 6.45) is 0.00841. The highest BCUT2D eigenvalue weighted by Crippen LogP contribution is 2.61. The van der Waals surface area contributed by atoms with Crippen molar-refractivity contribution >= 4 is 47.8 Å². The van der Waals surface area contributed by atoms with Gasteiger partial charge in [-0.2, -0.15) is 0 Å². The first kappa shape index (κ1) is 33.0. The average molecular weight is 697 g/mol. The highest BCUT2D eigenvalue weighted by Gasteiger charge is 2.66. The number of fused-ring (bicyclic) bond motifs is 4. The van der Waals surface area contributed by atoms with E-state index in [1.165, 1.54) is 5.19 Å². The third-order valence-electron chi connectivity index (χ3n) is 11.1. The van der Waals surface area contributed by atoms with Crippen LogP contribution in [0.15, 0.2) is 121 Å². The molecule has 2 amide bonds. The molecule has 0 aliphatic carbocycles. The molecular formula is C42H40N2O6Si. The second kappa shape index (κ2) is 12.5. The first-order chi connectivity index (χ1) is 24.7. The largest absolute Gasteiger partial charge is 0.497 e. The zero-order valence-corrected chi connectivity index (χ0v) is 30.1. The quantitative estimate of drug-likeness (QED) is 0.173. The van der Waals surface area contributed by atoms with Gasteiger partial charge in [-0.05, 0) is 78.7 Å². The van der Waals surface area contributed by atoms with Gasteiger partial charge in [0.2, 0.25) is 0 Å². The number of aliphatic hydroxyl groups excluding tert-OH is 1. The van der Waals surface area contributed by atoms with Gasteiger partial charge in [0.05, 0.1) is 38.2 Å². The number of ether oxygens (including phenoxy) is 3. The van der Waals surface area contributed by atoms with Gasteiger partial charge < -0.3 is 19.3 Å². The summed E-state index contributed by atoms with van der Waals surface area (Å²) < 4.78 is 18.9. The Morgan fingerprint density at radius 2 is 1.47 bits per heavy atom. The molecule has 5 aromatic carbocycles. The van der Waals surface area contributed by atoms with Crippen molar-refractivity contribution in [2.24, 2.45) is 5.92 Å². The Morgan fingerprint density at radius 3 is 2.20 bits per heavy atom. The summed E-state index contributed by atoms with van der Waals surface area (Å²) in [5.74, 6) is 1.13. The normalized spacial score (nSPS) is 22.3. The van der Waals surface area contributed by atoms with E-state index in [-0.39, 0.29) is 36.0 Å². The fourth-order valence-corrected chi connectivity index (χ4v) is 12.7. The van der Waals surface area contributed by atoms with Crippen molar-refractivity contribution in [3.63, 3.8) is 0 Å². The molecule has 5 aromatic rings. The number of aliphatic hydroxyl groups is 1. The molecule has 0 unspecified atom stereocenters. The summed E-state index contributed by atoms with van der Waals surface area (Å²) in [4.78, 5) is 33.1. The van der Waals surface area contributed by atoms with E-state index < -0.39 is 13.7 Å².